The standard InChI is InChI=1S/C24H38N6O3S/c1-14(2)28-22(27-13-25)23-29-21-18-12-17(4-5-19(18)32-11-8-20(21)34-23)16-6-9-30(10-7-16)24(31)15(3)33-26/h4-5,12,14-16,22-23,27-29H,6-11,13,25-26H2,1-3H3/t15-,22?,23?/m0/s1. The highest BCUT2D eigenvalue weighted by Crippen LogP contribution is 2.44. The lowest BCUT2D eigenvalue weighted by Gasteiger charge is -2.33. The predicted molar refractivity (Wildman–Crippen MR) is 136 cm³/mol. The van der Waals surface area contributed by atoms with Crippen molar-refractivity contribution in [3.05, 3.63) is 34.2 Å². The first-order valence-corrected chi connectivity index (χ1v) is 13.1. The summed E-state index contributed by atoms with van der Waals surface area (Å²) in [5.74, 6) is 6.48. The van der Waals surface area contributed by atoms with Gasteiger partial charge in [-0.2, -0.15) is 0 Å². The highest BCUT2D eigenvalue weighted by molar-refractivity contribution is 8.04. The zero-order valence-electron chi connectivity index (χ0n) is 20.3. The summed E-state index contributed by atoms with van der Waals surface area (Å²) in [6.45, 7) is 8.47. The number of carbonyl (C=O) groups excluding carboxylic acids is 1. The second kappa shape index (κ2) is 11.3. The fourth-order valence-electron chi connectivity index (χ4n) is 4.89. The van der Waals surface area contributed by atoms with E-state index in [1.807, 2.05) is 16.7 Å². The molecule has 4 rings (SSSR count). The topological polar surface area (TPSA) is 127 Å². The van der Waals surface area contributed by atoms with Crippen LogP contribution in [-0.2, 0) is 9.63 Å². The summed E-state index contributed by atoms with van der Waals surface area (Å²) in [6, 6.07) is 6.90. The molecule has 0 aliphatic carbocycles. The van der Waals surface area contributed by atoms with Crippen molar-refractivity contribution in [3.63, 3.8) is 0 Å². The molecule has 34 heavy (non-hydrogen) atoms. The molecule has 1 aromatic rings. The van der Waals surface area contributed by atoms with Gasteiger partial charge in [-0.3, -0.25) is 20.3 Å². The van der Waals surface area contributed by atoms with Crippen LogP contribution in [0, 0.1) is 0 Å². The Morgan fingerprint density at radius 3 is 2.76 bits per heavy atom. The molecule has 0 radical (unpaired) electrons. The Hall–Kier alpha value is -1.82. The minimum atomic E-state index is -0.604. The van der Waals surface area contributed by atoms with E-state index in [9.17, 15) is 4.79 Å². The van der Waals surface area contributed by atoms with Crippen LogP contribution in [0.15, 0.2) is 23.1 Å². The summed E-state index contributed by atoms with van der Waals surface area (Å²) in [6.07, 6.45) is 2.16. The smallest absolute Gasteiger partial charge is 0.253 e. The first-order chi connectivity index (χ1) is 16.4. The third kappa shape index (κ3) is 5.53. The average molecular weight is 491 g/mol. The Morgan fingerprint density at radius 2 is 2.09 bits per heavy atom. The summed E-state index contributed by atoms with van der Waals surface area (Å²) in [7, 11) is 0. The highest BCUT2D eigenvalue weighted by Gasteiger charge is 2.34. The highest BCUT2D eigenvalue weighted by atomic mass is 32.2. The maximum atomic E-state index is 12.4. The van der Waals surface area contributed by atoms with E-state index in [1.54, 1.807) is 6.92 Å². The van der Waals surface area contributed by atoms with Gasteiger partial charge in [0.15, 0.2) is 6.10 Å². The van der Waals surface area contributed by atoms with Gasteiger partial charge in [0, 0.05) is 42.7 Å². The van der Waals surface area contributed by atoms with E-state index in [2.05, 4.69) is 48.0 Å². The zero-order chi connectivity index (χ0) is 24.2. The van der Waals surface area contributed by atoms with Crippen LogP contribution >= 0.6 is 11.8 Å². The molecule has 1 fully saturated rings. The monoisotopic (exact) mass is 490 g/mol. The number of ether oxygens (including phenoxy) is 1. The normalized spacial score (nSPS) is 22.5. The molecule has 3 atom stereocenters. The number of hydrogen-bond donors (Lipinski definition) is 5. The summed E-state index contributed by atoms with van der Waals surface area (Å²) in [4.78, 5) is 20.3. The Bertz CT molecular complexity index is 903. The zero-order valence-corrected chi connectivity index (χ0v) is 21.1. The largest absolute Gasteiger partial charge is 0.493 e. The van der Waals surface area contributed by atoms with Crippen molar-refractivity contribution in [2.24, 2.45) is 11.6 Å². The molecule has 3 aliphatic heterocycles. The molecule has 7 N–H and O–H groups in total. The first kappa shape index (κ1) is 25.3. The number of fused-ring (bicyclic) bond motifs is 2. The Morgan fingerprint density at radius 1 is 1.32 bits per heavy atom. The second-order valence-electron chi connectivity index (χ2n) is 9.42. The Balaban J connectivity index is 1.49. The Labute approximate surface area is 206 Å². The van der Waals surface area contributed by atoms with Gasteiger partial charge in [0.05, 0.1) is 18.5 Å². The quantitative estimate of drug-likeness (QED) is 0.273. The van der Waals surface area contributed by atoms with Gasteiger partial charge in [-0.25, -0.2) is 5.90 Å². The maximum Gasteiger partial charge on any atom is 0.253 e. The van der Waals surface area contributed by atoms with Crippen molar-refractivity contribution in [1.82, 2.24) is 20.9 Å². The van der Waals surface area contributed by atoms with Crippen molar-refractivity contribution >= 4 is 23.4 Å². The molecule has 1 aromatic carbocycles. The van der Waals surface area contributed by atoms with Gasteiger partial charge in [0.1, 0.15) is 11.1 Å². The van der Waals surface area contributed by atoms with Crippen molar-refractivity contribution in [2.45, 2.75) is 69.6 Å². The maximum absolute atomic E-state index is 12.4. The van der Waals surface area contributed by atoms with Gasteiger partial charge in [-0.05, 0) is 57.2 Å². The number of nitrogens with two attached hydrogens (primary N) is 2. The lowest BCUT2D eigenvalue weighted by Crippen LogP contribution is -2.56. The summed E-state index contributed by atoms with van der Waals surface area (Å²) < 4.78 is 6.10. The van der Waals surface area contributed by atoms with Crippen molar-refractivity contribution in [3.8, 4) is 5.75 Å². The van der Waals surface area contributed by atoms with Crippen molar-refractivity contribution in [2.75, 3.05) is 26.4 Å². The average Bonchev–Trinajstić information content (AvgIpc) is 3.19. The molecule has 3 aliphatic rings. The lowest BCUT2D eigenvalue weighted by molar-refractivity contribution is -0.144. The Kier molecular flexibility index (Phi) is 8.39. The van der Waals surface area contributed by atoms with E-state index in [4.69, 9.17) is 21.2 Å². The van der Waals surface area contributed by atoms with Crippen LogP contribution in [0.1, 0.15) is 57.1 Å². The molecule has 9 nitrogen and oxygen atoms in total. The van der Waals surface area contributed by atoms with Gasteiger partial charge in [0.25, 0.3) is 5.91 Å². The predicted octanol–water partition coefficient (Wildman–Crippen LogP) is 1.61. The van der Waals surface area contributed by atoms with Gasteiger partial charge >= 0.3 is 0 Å². The molecule has 0 saturated carbocycles. The van der Waals surface area contributed by atoms with Crippen molar-refractivity contribution < 1.29 is 14.4 Å². The number of likely N-dealkylation sites (tertiary alicyclic amines) is 1. The number of nitrogens with one attached hydrogen (secondary N) is 3. The van der Waals surface area contributed by atoms with Crippen LogP contribution in [0.5, 0.6) is 5.75 Å². The number of benzene rings is 1. The molecule has 10 heteroatoms. The number of rotatable bonds is 8. The molecule has 188 valence electrons. The number of hydrogen-bond acceptors (Lipinski definition) is 9. The summed E-state index contributed by atoms with van der Waals surface area (Å²) in [5, 5.41) is 10.8. The van der Waals surface area contributed by atoms with Gasteiger partial charge in [-0.15, -0.1) is 11.8 Å². The second-order valence-corrected chi connectivity index (χ2v) is 10.7. The SMILES string of the molecule is CC(C)NC(NCN)C1NC2=C(CCOc3ccc(C4CCN(C(=O)[C@H](C)ON)CC4)cc32)S1. The first-order valence-electron chi connectivity index (χ1n) is 12.2. The molecular weight excluding hydrogens is 452 g/mol. The molecule has 1 amide bonds. The van der Waals surface area contributed by atoms with E-state index in [1.165, 1.54) is 16.2 Å². The molecule has 3 heterocycles. The van der Waals surface area contributed by atoms with Crippen LogP contribution in [0.3, 0.4) is 0 Å². The van der Waals surface area contributed by atoms with E-state index >= 15 is 0 Å². The summed E-state index contributed by atoms with van der Waals surface area (Å²) >= 11 is 1.85. The molecule has 0 aromatic heterocycles. The fourth-order valence-corrected chi connectivity index (χ4v) is 6.17. The lowest BCUT2D eigenvalue weighted by atomic mass is 9.88. The van der Waals surface area contributed by atoms with E-state index in [0.29, 0.717) is 38.3 Å². The third-order valence-corrected chi connectivity index (χ3v) is 8.01. The minimum Gasteiger partial charge on any atom is -0.493 e. The molecule has 0 bridgehead atoms. The van der Waals surface area contributed by atoms with Gasteiger partial charge in [0.2, 0.25) is 0 Å². The van der Waals surface area contributed by atoms with Crippen LogP contribution < -0.4 is 32.3 Å². The number of piperidine rings is 1. The van der Waals surface area contributed by atoms with Crippen molar-refractivity contribution in [1.29, 1.82) is 0 Å². The van der Waals surface area contributed by atoms with Crippen LogP contribution in [0.4, 0.5) is 0 Å². The third-order valence-electron chi connectivity index (χ3n) is 6.68. The minimum absolute atomic E-state index is 0.0417. The van der Waals surface area contributed by atoms with E-state index in [0.717, 1.165) is 30.6 Å². The number of carbonyl (C=O) groups is 1. The molecule has 1 saturated heterocycles. The molecule has 2 unspecified atom stereocenters. The van der Waals surface area contributed by atoms with Crippen LogP contribution in [0.2, 0.25) is 0 Å². The molecule has 0 spiro atoms. The molecular formula is C24H38N6O3S. The number of thioether (sulfide) groups is 1. The van der Waals surface area contributed by atoms with Crippen LogP contribution in [0.25, 0.3) is 5.70 Å². The van der Waals surface area contributed by atoms with Gasteiger partial charge in [-0.1, -0.05) is 6.07 Å². The number of nitrogens with zero attached hydrogens (tertiary/aromatic N) is 1. The van der Waals surface area contributed by atoms with Crippen LogP contribution in [-0.4, -0.2) is 60.9 Å². The van der Waals surface area contributed by atoms with E-state index < -0.39 is 6.10 Å². The number of amides is 1. The summed E-state index contributed by atoms with van der Waals surface area (Å²) in [5.41, 5.74) is 9.40. The van der Waals surface area contributed by atoms with E-state index in [-0.39, 0.29) is 17.4 Å². The van der Waals surface area contributed by atoms with Gasteiger partial charge < -0.3 is 20.7 Å². The fraction of sp³-hybridized carbons (Fsp3) is 0.625.